The standard InChI is InChI=1S/C21H25F3N2O2/c1-13(25)14-5-7-15(8-6-14)18-11-17(21(22,23)24)10-9-16(18)12-26-19(27)28-20(2,3)4/h5-11,13H,12,25H2,1-4H3,(H,26,27)/t13-/m0/s1. The number of hydrogen-bond donors (Lipinski definition) is 2. The molecule has 152 valence electrons. The molecule has 0 aliphatic heterocycles. The maximum Gasteiger partial charge on any atom is 0.416 e. The van der Waals surface area contributed by atoms with Gasteiger partial charge in [0, 0.05) is 12.6 Å². The number of ether oxygens (including phenoxy) is 1. The minimum absolute atomic E-state index is 0.0391. The van der Waals surface area contributed by atoms with E-state index in [0.717, 1.165) is 17.7 Å². The van der Waals surface area contributed by atoms with Crippen molar-refractivity contribution < 1.29 is 22.7 Å². The molecule has 0 unspecified atom stereocenters. The van der Waals surface area contributed by atoms with Crippen molar-refractivity contribution in [1.82, 2.24) is 5.32 Å². The van der Waals surface area contributed by atoms with Crippen LogP contribution in [-0.4, -0.2) is 11.7 Å². The maximum absolute atomic E-state index is 13.2. The highest BCUT2D eigenvalue weighted by atomic mass is 19.4. The Labute approximate surface area is 162 Å². The first-order valence-electron chi connectivity index (χ1n) is 8.90. The van der Waals surface area contributed by atoms with Gasteiger partial charge in [-0.05, 0) is 62.1 Å². The second-order valence-electron chi connectivity index (χ2n) is 7.64. The van der Waals surface area contributed by atoms with Gasteiger partial charge in [0.2, 0.25) is 0 Å². The van der Waals surface area contributed by atoms with E-state index in [1.165, 1.54) is 6.07 Å². The lowest BCUT2D eigenvalue weighted by molar-refractivity contribution is -0.137. The molecule has 2 aromatic carbocycles. The number of nitrogens with one attached hydrogen (secondary N) is 1. The van der Waals surface area contributed by atoms with Gasteiger partial charge in [0.15, 0.2) is 0 Å². The topological polar surface area (TPSA) is 64.3 Å². The van der Waals surface area contributed by atoms with Crippen molar-refractivity contribution in [2.24, 2.45) is 5.73 Å². The summed E-state index contributed by atoms with van der Waals surface area (Å²) in [6.45, 7) is 7.06. The van der Waals surface area contributed by atoms with Crippen molar-refractivity contribution in [2.75, 3.05) is 0 Å². The molecule has 0 saturated carbocycles. The highest BCUT2D eigenvalue weighted by Crippen LogP contribution is 2.34. The highest BCUT2D eigenvalue weighted by Gasteiger charge is 2.31. The van der Waals surface area contributed by atoms with Crippen LogP contribution in [0.3, 0.4) is 0 Å². The summed E-state index contributed by atoms with van der Waals surface area (Å²) in [5.74, 6) is 0. The summed E-state index contributed by atoms with van der Waals surface area (Å²) in [7, 11) is 0. The molecule has 28 heavy (non-hydrogen) atoms. The third kappa shape index (κ3) is 5.99. The van der Waals surface area contributed by atoms with Crippen LogP contribution >= 0.6 is 0 Å². The summed E-state index contributed by atoms with van der Waals surface area (Å²) in [5, 5.41) is 2.59. The summed E-state index contributed by atoms with van der Waals surface area (Å²) in [4.78, 5) is 11.9. The second-order valence-corrected chi connectivity index (χ2v) is 7.64. The zero-order chi connectivity index (χ0) is 21.1. The van der Waals surface area contributed by atoms with E-state index >= 15 is 0 Å². The fourth-order valence-corrected chi connectivity index (χ4v) is 2.62. The Morgan fingerprint density at radius 3 is 2.21 bits per heavy atom. The number of alkyl carbamates (subject to hydrolysis) is 1. The smallest absolute Gasteiger partial charge is 0.416 e. The quantitative estimate of drug-likeness (QED) is 0.728. The summed E-state index contributed by atoms with van der Waals surface area (Å²) in [6, 6.07) is 10.3. The Hall–Kier alpha value is -2.54. The van der Waals surface area contributed by atoms with Crippen molar-refractivity contribution in [3.05, 3.63) is 59.2 Å². The largest absolute Gasteiger partial charge is 0.444 e. The van der Waals surface area contributed by atoms with Crippen LogP contribution < -0.4 is 11.1 Å². The monoisotopic (exact) mass is 394 g/mol. The molecule has 3 N–H and O–H groups in total. The molecule has 1 atom stereocenters. The number of alkyl halides is 3. The van der Waals surface area contributed by atoms with Crippen LogP contribution in [0.25, 0.3) is 11.1 Å². The van der Waals surface area contributed by atoms with Gasteiger partial charge in [0.1, 0.15) is 5.60 Å². The van der Waals surface area contributed by atoms with Gasteiger partial charge in [0.05, 0.1) is 5.56 Å². The van der Waals surface area contributed by atoms with Gasteiger partial charge in [-0.2, -0.15) is 13.2 Å². The molecule has 0 bridgehead atoms. The highest BCUT2D eigenvalue weighted by molar-refractivity contribution is 5.71. The van der Waals surface area contributed by atoms with Gasteiger partial charge in [-0.15, -0.1) is 0 Å². The summed E-state index contributed by atoms with van der Waals surface area (Å²) < 4.78 is 44.7. The predicted molar refractivity (Wildman–Crippen MR) is 103 cm³/mol. The van der Waals surface area contributed by atoms with Gasteiger partial charge < -0.3 is 15.8 Å². The lowest BCUT2D eigenvalue weighted by Gasteiger charge is -2.20. The van der Waals surface area contributed by atoms with Gasteiger partial charge in [-0.25, -0.2) is 4.79 Å². The molecule has 0 saturated heterocycles. The van der Waals surface area contributed by atoms with Crippen LogP contribution in [0.1, 0.15) is 50.4 Å². The minimum atomic E-state index is -4.46. The first-order chi connectivity index (χ1) is 12.9. The number of benzene rings is 2. The Bertz CT molecular complexity index is 823. The first kappa shape index (κ1) is 21.8. The molecule has 0 aromatic heterocycles. The fourth-order valence-electron chi connectivity index (χ4n) is 2.62. The van der Waals surface area contributed by atoms with E-state index in [-0.39, 0.29) is 12.6 Å². The molecule has 0 spiro atoms. The third-order valence-electron chi connectivity index (χ3n) is 4.01. The van der Waals surface area contributed by atoms with Crippen molar-refractivity contribution in [1.29, 1.82) is 0 Å². The Morgan fingerprint density at radius 1 is 1.11 bits per heavy atom. The summed E-state index contributed by atoms with van der Waals surface area (Å²) >= 11 is 0. The summed E-state index contributed by atoms with van der Waals surface area (Å²) in [5.41, 5.74) is 6.85. The van der Waals surface area contributed by atoms with E-state index in [9.17, 15) is 18.0 Å². The van der Waals surface area contributed by atoms with Crippen LogP contribution in [0, 0.1) is 0 Å². The molecule has 4 nitrogen and oxygen atoms in total. The zero-order valence-electron chi connectivity index (χ0n) is 16.4. The number of amides is 1. The number of rotatable bonds is 4. The van der Waals surface area contributed by atoms with Crippen LogP contribution in [-0.2, 0) is 17.5 Å². The number of hydrogen-bond acceptors (Lipinski definition) is 3. The lowest BCUT2D eigenvalue weighted by Crippen LogP contribution is -2.32. The molecule has 0 aliphatic carbocycles. The molecule has 0 aliphatic rings. The average molecular weight is 394 g/mol. The molecule has 2 rings (SSSR count). The molecule has 0 radical (unpaired) electrons. The average Bonchev–Trinajstić information content (AvgIpc) is 2.57. The minimum Gasteiger partial charge on any atom is -0.444 e. The van der Waals surface area contributed by atoms with E-state index in [2.05, 4.69) is 5.32 Å². The van der Waals surface area contributed by atoms with Gasteiger partial charge >= 0.3 is 12.3 Å². The number of halogens is 3. The molecule has 0 heterocycles. The Balaban J connectivity index is 2.35. The van der Waals surface area contributed by atoms with Crippen LogP contribution in [0.4, 0.5) is 18.0 Å². The number of nitrogens with two attached hydrogens (primary N) is 1. The third-order valence-corrected chi connectivity index (χ3v) is 4.01. The predicted octanol–water partition coefficient (Wildman–Crippen LogP) is 5.42. The molecular weight excluding hydrogens is 369 g/mol. The molecule has 0 fully saturated rings. The molecule has 2 aromatic rings. The lowest BCUT2D eigenvalue weighted by atomic mass is 9.95. The Morgan fingerprint density at radius 2 is 1.71 bits per heavy atom. The first-order valence-corrected chi connectivity index (χ1v) is 8.90. The van der Waals surface area contributed by atoms with Gasteiger partial charge in [-0.3, -0.25) is 0 Å². The molecule has 7 heteroatoms. The fraction of sp³-hybridized carbons (Fsp3) is 0.381. The van der Waals surface area contributed by atoms with Crippen molar-refractivity contribution in [2.45, 2.75) is 52.1 Å². The van der Waals surface area contributed by atoms with Crippen LogP contribution in [0.5, 0.6) is 0 Å². The normalized spacial score (nSPS) is 13.1. The van der Waals surface area contributed by atoms with E-state index < -0.39 is 23.4 Å². The SMILES string of the molecule is C[C@H](N)c1ccc(-c2cc(C(F)(F)F)ccc2CNC(=O)OC(C)(C)C)cc1. The second kappa shape index (κ2) is 8.22. The van der Waals surface area contributed by atoms with E-state index in [0.29, 0.717) is 16.7 Å². The van der Waals surface area contributed by atoms with Crippen molar-refractivity contribution >= 4 is 6.09 Å². The van der Waals surface area contributed by atoms with Crippen LogP contribution in [0.2, 0.25) is 0 Å². The number of carbonyl (C=O) groups is 1. The van der Waals surface area contributed by atoms with Gasteiger partial charge in [-0.1, -0.05) is 30.3 Å². The maximum atomic E-state index is 13.2. The van der Waals surface area contributed by atoms with Gasteiger partial charge in [0.25, 0.3) is 0 Å². The summed E-state index contributed by atoms with van der Waals surface area (Å²) in [6.07, 6.45) is -5.09. The Kier molecular flexibility index (Phi) is 6.39. The van der Waals surface area contributed by atoms with E-state index in [1.807, 2.05) is 6.92 Å². The van der Waals surface area contributed by atoms with Crippen molar-refractivity contribution in [3.63, 3.8) is 0 Å². The number of carbonyl (C=O) groups excluding carboxylic acids is 1. The van der Waals surface area contributed by atoms with E-state index in [1.54, 1.807) is 45.0 Å². The van der Waals surface area contributed by atoms with Crippen molar-refractivity contribution in [3.8, 4) is 11.1 Å². The molecular formula is C21H25F3N2O2. The van der Waals surface area contributed by atoms with Crippen LogP contribution in [0.15, 0.2) is 42.5 Å². The molecule has 1 amide bonds. The zero-order valence-corrected chi connectivity index (χ0v) is 16.4. The van der Waals surface area contributed by atoms with E-state index in [4.69, 9.17) is 10.5 Å².